The molecular weight excluding hydrogens is 302 g/mol. The Balaban J connectivity index is 2.22. The van der Waals surface area contributed by atoms with E-state index in [1.54, 1.807) is 13.3 Å². The number of nitrogens with zero attached hydrogens (tertiary/aromatic N) is 2. The highest BCUT2D eigenvalue weighted by atomic mass is 79.9. The van der Waals surface area contributed by atoms with Gasteiger partial charge in [-0.05, 0) is 40.2 Å². The van der Waals surface area contributed by atoms with Gasteiger partial charge in [-0.3, -0.25) is 0 Å². The molecular formula is C11H10BrN3OS. The predicted octanol–water partition coefficient (Wildman–Crippen LogP) is 2.98. The lowest BCUT2D eigenvalue weighted by molar-refractivity contribution is 0.414. The summed E-state index contributed by atoms with van der Waals surface area (Å²) in [6, 6.07) is 7.74. The van der Waals surface area contributed by atoms with Crippen molar-refractivity contribution in [1.82, 2.24) is 9.97 Å². The quantitative estimate of drug-likeness (QED) is 0.883. The fourth-order valence-electron chi connectivity index (χ4n) is 1.19. The first-order valence-corrected chi connectivity index (χ1v) is 6.40. The number of halogens is 1. The summed E-state index contributed by atoms with van der Waals surface area (Å²) in [5.74, 6) is 1.10. The minimum atomic E-state index is 0.268. The van der Waals surface area contributed by atoms with E-state index in [9.17, 15) is 0 Å². The standard InChI is InChI=1S/C11H10BrN3OS/c1-16-7-2-4-8(5-3-7)17-10-9(12)6-14-11(13)15-10/h2-6H,1H3,(H2,13,14,15). The van der Waals surface area contributed by atoms with Crippen molar-refractivity contribution in [2.45, 2.75) is 9.92 Å². The lowest BCUT2D eigenvalue weighted by Gasteiger charge is -2.04. The first-order chi connectivity index (χ1) is 8.19. The van der Waals surface area contributed by atoms with E-state index in [0.29, 0.717) is 0 Å². The monoisotopic (exact) mass is 311 g/mol. The van der Waals surface area contributed by atoms with Gasteiger partial charge in [-0.15, -0.1) is 0 Å². The largest absolute Gasteiger partial charge is 0.497 e. The van der Waals surface area contributed by atoms with E-state index in [-0.39, 0.29) is 5.95 Å². The first kappa shape index (κ1) is 12.2. The van der Waals surface area contributed by atoms with Crippen LogP contribution in [-0.2, 0) is 0 Å². The van der Waals surface area contributed by atoms with Gasteiger partial charge >= 0.3 is 0 Å². The van der Waals surface area contributed by atoms with Crippen molar-refractivity contribution >= 4 is 33.6 Å². The number of ether oxygens (including phenoxy) is 1. The molecule has 0 aliphatic rings. The summed E-state index contributed by atoms with van der Waals surface area (Å²) >= 11 is 4.90. The molecule has 0 fully saturated rings. The molecule has 2 rings (SSSR count). The minimum Gasteiger partial charge on any atom is -0.497 e. The molecule has 17 heavy (non-hydrogen) atoms. The van der Waals surface area contributed by atoms with Crippen LogP contribution in [0.2, 0.25) is 0 Å². The molecule has 0 aliphatic carbocycles. The molecule has 4 nitrogen and oxygen atoms in total. The van der Waals surface area contributed by atoms with Gasteiger partial charge in [-0.25, -0.2) is 9.97 Å². The zero-order valence-corrected chi connectivity index (χ0v) is 11.5. The maximum atomic E-state index is 5.55. The molecule has 88 valence electrons. The molecule has 0 bridgehead atoms. The van der Waals surface area contributed by atoms with Gasteiger partial charge in [-0.2, -0.15) is 0 Å². The lowest BCUT2D eigenvalue weighted by Crippen LogP contribution is -1.95. The van der Waals surface area contributed by atoms with Crippen LogP contribution in [0.3, 0.4) is 0 Å². The summed E-state index contributed by atoms with van der Waals surface area (Å²) in [6.45, 7) is 0. The summed E-state index contributed by atoms with van der Waals surface area (Å²) in [7, 11) is 1.64. The molecule has 0 unspecified atom stereocenters. The van der Waals surface area contributed by atoms with Gasteiger partial charge in [0, 0.05) is 11.1 Å². The fraction of sp³-hybridized carbons (Fsp3) is 0.0909. The van der Waals surface area contributed by atoms with Crippen LogP contribution in [-0.4, -0.2) is 17.1 Å². The highest BCUT2D eigenvalue weighted by Crippen LogP contribution is 2.32. The van der Waals surface area contributed by atoms with Crippen molar-refractivity contribution in [3.8, 4) is 5.75 Å². The Morgan fingerprint density at radius 2 is 2.00 bits per heavy atom. The molecule has 2 N–H and O–H groups in total. The van der Waals surface area contributed by atoms with Crippen LogP contribution in [0, 0.1) is 0 Å². The third-order valence-electron chi connectivity index (χ3n) is 2.00. The van der Waals surface area contributed by atoms with Crippen LogP contribution >= 0.6 is 27.7 Å². The number of anilines is 1. The molecule has 0 saturated carbocycles. The van der Waals surface area contributed by atoms with E-state index in [0.717, 1.165) is 20.1 Å². The normalized spacial score (nSPS) is 10.2. The zero-order valence-electron chi connectivity index (χ0n) is 9.05. The van der Waals surface area contributed by atoms with Crippen LogP contribution in [0.25, 0.3) is 0 Å². The topological polar surface area (TPSA) is 61.0 Å². The van der Waals surface area contributed by atoms with E-state index in [2.05, 4.69) is 25.9 Å². The maximum absolute atomic E-state index is 5.55. The molecule has 0 spiro atoms. The molecule has 0 atom stereocenters. The molecule has 0 saturated heterocycles. The molecule has 6 heteroatoms. The molecule has 1 aromatic heterocycles. The van der Waals surface area contributed by atoms with Crippen molar-refractivity contribution < 1.29 is 4.74 Å². The van der Waals surface area contributed by atoms with Crippen LogP contribution in [0.4, 0.5) is 5.95 Å². The van der Waals surface area contributed by atoms with Crippen molar-refractivity contribution in [3.63, 3.8) is 0 Å². The summed E-state index contributed by atoms with van der Waals surface area (Å²) in [5.41, 5.74) is 5.55. The number of methoxy groups -OCH3 is 1. The Hall–Kier alpha value is -1.27. The highest BCUT2D eigenvalue weighted by Gasteiger charge is 2.05. The number of aromatic nitrogens is 2. The highest BCUT2D eigenvalue weighted by molar-refractivity contribution is 9.10. The average molecular weight is 312 g/mol. The molecule has 0 aliphatic heterocycles. The third-order valence-corrected chi connectivity index (χ3v) is 3.86. The molecule has 0 amide bonds. The second-order valence-electron chi connectivity index (χ2n) is 3.16. The van der Waals surface area contributed by atoms with E-state index < -0.39 is 0 Å². The number of hydrogen-bond acceptors (Lipinski definition) is 5. The van der Waals surface area contributed by atoms with Crippen LogP contribution in [0.5, 0.6) is 5.75 Å². The number of benzene rings is 1. The van der Waals surface area contributed by atoms with Gasteiger partial charge in [0.1, 0.15) is 10.8 Å². The first-order valence-electron chi connectivity index (χ1n) is 4.79. The number of nitrogens with two attached hydrogens (primary N) is 1. The Morgan fingerprint density at radius 1 is 1.29 bits per heavy atom. The number of hydrogen-bond donors (Lipinski definition) is 1. The Kier molecular flexibility index (Phi) is 3.86. The lowest BCUT2D eigenvalue weighted by atomic mass is 10.3. The smallest absolute Gasteiger partial charge is 0.221 e. The van der Waals surface area contributed by atoms with Crippen molar-refractivity contribution in [1.29, 1.82) is 0 Å². The van der Waals surface area contributed by atoms with Crippen LogP contribution in [0.15, 0.2) is 44.9 Å². The van der Waals surface area contributed by atoms with Gasteiger partial charge in [-0.1, -0.05) is 11.8 Å². The molecule has 0 radical (unpaired) electrons. The maximum Gasteiger partial charge on any atom is 0.221 e. The zero-order chi connectivity index (χ0) is 12.3. The van der Waals surface area contributed by atoms with Gasteiger partial charge in [0.2, 0.25) is 5.95 Å². The summed E-state index contributed by atoms with van der Waals surface area (Å²) in [4.78, 5) is 9.12. The van der Waals surface area contributed by atoms with Gasteiger partial charge < -0.3 is 10.5 Å². The SMILES string of the molecule is COc1ccc(Sc2nc(N)ncc2Br)cc1. The third kappa shape index (κ3) is 3.10. The van der Waals surface area contributed by atoms with Crippen molar-refractivity contribution in [3.05, 3.63) is 34.9 Å². The molecule has 1 heterocycles. The van der Waals surface area contributed by atoms with Crippen molar-refractivity contribution in [2.75, 3.05) is 12.8 Å². The van der Waals surface area contributed by atoms with E-state index in [4.69, 9.17) is 10.5 Å². The van der Waals surface area contributed by atoms with Gasteiger partial charge in [0.15, 0.2) is 0 Å². The minimum absolute atomic E-state index is 0.268. The average Bonchev–Trinajstić information content (AvgIpc) is 2.35. The van der Waals surface area contributed by atoms with E-state index in [1.807, 2.05) is 24.3 Å². The van der Waals surface area contributed by atoms with E-state index >= 15 is 0 Å². The summed E-state index contributed by atoms with van der Waals surface area (Å²) < 4.78 is 5.92. The van der Waals surface area contributed by atoms with E-state index in [1.165, 1.54) is 11.8 Å². The van der Waals surface area contributed by atoms with Crippen LogP contribution < -0.4 is 10.5 Å². The Labute approximate surface area is 112 Å². The number of rotatable bonds is 3. The van der Waals surface area contributed by atoms with Gasteiger partial charge in [0.05, 0.1) is 11.6 Å². The van der Waals surface area contributed by atoms with Crippen LogP contribution in [0.1, 0.15) is 0 Å². The summed E-state index contributed by atoms with van der Waals surface area (Å²) in [5, 5.41) is 0.794. The second kappa shape index (κ2) is 5.37. The fourth-order valence-corrected chi connectivity index (χ4v) is 2.41. The Bertz CT molecular complexity index is 519. The summed E-state index contributed by atoms with van der Waals surface area (Å²) in [6.07, 6.45) is 1.65. The second-order valence-corrected chi connectivity index (χ2v) is 5.08. The van der Waals surface area contributed by atoms with Crippen molar-refractivity contribution in [2.24, 2.45) is 0 Å². The Morgan fingerprint density at radius 3 is 2.65 bits per heavy atom. The number of nitrogen functional groups attached to an aromatic ring is 1. The predicted molar refractivity (Wildman–Crippen MR) is 71.3 cm³/mol. The molecule has 1 aromatic carbocycles. The molecule has 2 aromatic rings. The van der Waals surface area contributed by atoms with Gasteiger partial charge in [0.25, 0.3) is 0 Å².